The van der Waals surface area contributed by atoms with Crippen LogP contribution in [0.3, 0.4) is 0 Å². The van der Waals surface area contributed by atoms with E-state index in [0.29, 0.717) is 25.7 Å². The van der Waals surface area contributed by atoms with Crippen LogP contribution in [0.15, 0.2) is 4.99 Å². The summed E-state index contributed by atoms with van der Waals surface area (Å²) in [5.74, 6) is 0.891. The normalized spacial score (nSPS) is 16.6. The number of guanidine groups is 1. The number of amides is 2. The van der Waals surface area contributed by atoms with Crippen molar-refractivity contribution < 1.29 is 9.59 Å². The van der Waals surface area contributed by atoms with Crippen molar-refractivity contribution in [1.29, 1.82) is 0 Å². The number of likely N-dealkylation sites (tertiary alicyclic amines) is 1. The van der Waals surface area contributed by atoms with Crippen LogP contribution in [0.2, 0.25) is 0 Å². The fraction of sp³-hybridized carbons (Fsp3) is 0.824. The van der Waals surface area contributed by atoms with Gasteiger partial charge in [-0.05, 0) is 19.8 Å². The van der Waals surface area contributed by atoms with Gasteiger partial charge in [0.05, 0.1) is 13.1 Å². The van der Waals surface area contributed by atoms with Crippen LogP contribution in [0.25, 0.3) is 0 Å². The Morgan fingerprint density at radius 1 is 1.20 bits per heavy atom. The number of rotatable bonds is 8. The summed E-state index contributed by atoms with van der Waals surface area (Å²) in [4.78, 5) is 29.7. The van der Waals surface area contributed by atoms with Crippen molar-refractivity contribution in [1.82, 2.24) is 26.2 Å². The second-order valence-corrected chi connectivity index (χ2v) is 6.57. The fourth-order valence-electron chi connectivity index (χ4n) is 2.58. The molecular weight excluding hydrogens is 320 g/mol. The molecule has 1 rings (SSSR count). The van der Waals surface area contributed by atoms with Crippen LogP contribution in [0, 0.1) is 5.92 Å². The van der Waals surface area contributed by atoms with Gasteiger partial charge in [0.1, 0.15) is 0 Å². The number of hydrogen-bond acceptors (Lipinski definition) is 4. The largest absolute Gasteiger partial charge is 0.358 e. The third-order valence-electron chi connectivity index (χ3n) is 4.12. The van der Waals surface area contributed by atoms with E-state index in [1.165, 1.54) is 0 Å². The molecule has 1 saturated heterocycles. The molecule has 4 N–H and O–H groups in total. The molecule has 1 aliphatic heterocycles. The van der Waals surface area contributed by atoms with Crippen molar-refractivity contribution in [2.45, 2.75) is 39.7 Å². The summed E-state index contributed by atoms with van der Waals surface area (Å²) in [7, 11) is 1.67. The second kappa shape index (κ2) is 11.7. The maximum atomic E-state index is 11.5. The lowest BCUT2D eigenvalue weighted by Gasteiger charge is -2.32. The highest BCUT2D eigenvalue weighted by Crippen LogP contribution is 2.09. The summed E-state index contributed by atoms with van der Waals surface area (Å²) in [6.07, 6.45) is 1.96. The molecule has 1 aliphatic rings. The minimum absolute atomic E-state index is 0.00434. The Morgan fingerprint density at radius 2 is 1.88 bits per heavy atom. The van der Waals surface area contributed by atoms with Crippen LogP contribution < -0.4 is 21.3 Å². The standard InChI is InChI=1S/C17H34N6O2/c1-5-19-17(21-9-8-20-16(25)13(2)3)22-14-6-10-23(11-7-14)12-15(24)18-4/h13-14H,5-12H2,1-4H3,(H,18,24)(H,20,25)(H2,19,21,22). The molecule has 0 aliphatic carbocycles. The number of carbonyl (C=O) groups excluding carboxylic acids is 2. The summed E-state index contributed by atoms with van der Waals surface area (Å²) in [5, 5.41) is 12.2. The molecule has 1 fully saturated rings. The van der Waals surface area contributed by atoms with Gasteiger partial charge < -0.3 is 21.3 Å². The molecule has 2 amide bonds. The lowest BCUT2D eigenvalue weighted by molar-refractivity contribution is -0.124. The number of piperidine rings is 1. The van der Waals surface area contributed by atoms with E-state index in [1.54, 1.807) is 7.05 Å². The highest BCUT2D eigenvalue weighted by Gasteiger charge is 2.21. The third kappa shape index (κ3) is 8.72. The zero-order valence-corrected chi connectivity index (χ0v) is 16.0. The third-order valence-corrected chi connectivity index (χ3v) is 4.12. The van der Waals surface area contributed by atoms with Crippen molar-refractivity contribution >= 4 is 17.8 Å². The SMILES string of the molecule is CCNC(=NCCNC(=O)C(C)C)NC1CCN(CC(=O)NC)CC1. The van der Waals surface area contributed by atoms with E-state index >= 15 is 0 Å². The average molecular weight is 354 g/mol. The number of nitrogens with one attached hydrogen (secondary N) is 4. The molecule has 0 radical (unpaired) electrons. The van der Waals surface area contributed by atoms with E-state index in [4.69, 9.17) is 0 Å². The Labute approximate surface area is 151 Å². The molecule has 0 spiro atoms. The van der Waals surface area contributed by atoms with Crippen LogP contribution in [-0.2, 0) is 9.59 Å². The summed E-state index contributed by atoms with van der Waals surface area (Å²) in [5.41, 5.74) is 0. The Hall–Kier alpha value is -1.83. The number of hydrogen-bond donors (Lipinski definition) is 4. The van der Waals surface area contributed by atoms with Crippen LogP contribution in [0.5, 0.6) is 0 Å². The van der Waals surface area contributed by atoms with Gasteiger partial charge in [-0.1, -0.05) is 13.8 Å². The first kappa shape index (κ1) is 21.2. The molecule has 0 aromatic rings. The fourth-order valence-corrected chi connectivity index (χ4v) is 2.58. The summed E-state index contributed by atoms with van der Waals surface area (Å²) in [6, 6.07) is 0.351. The van der Waals surface area contributed by atoms with E-state index in [0.717, 1.165) is 38.4 Å². The van der Waals surface area contributed by atoms with Gasteiger partial charge in [0.2, 0.25) is 11.8 Å². The minimum Gasteiger partial charge on any atom is -0.358 e. The highest BCUT2D eigenvalue weighted by atomic mass is 16.2. The van der Waals surface area contributed by atoms with Gasteiger partial charge in [0.15, 0.2) is 5.96 Å². The van der Waals surface area contributed by atoms with Crippen molar-refractivity contribution in [3.05, 3.63) is 0 Å². The topological polar surface area (TPSA) is 97.9 Å². The molecule has 25 heavy (non-hydrogen) atoms. The van der Waals surface area contributed by atoms with E-state index in [-0.39, 0.29) is 17.7 Å². The molecule has 8 heteroatoms. The van der Waals surface area contributed by atoms with Gasteiger partial charge in [-0.3, -0.25) is 19.5 Å². The monoisotopic (exact) mass is 354 g/mol. The van der Waals surface area contributed by atoms with Gasteiger partial charge >= 0.3 is 0 Å². The number of carbonyl (C=O) groups is 2. The molecule has 0 bridgehead atoms. The van der Waals surface area contributed by atoms with Crippen LogP contribution in [0.4, 0.5) is 0 Å². The van der Waals surface area contributed by atoms with E-state index in [9.17, 15) is 9.59 Å². The van der Waals surface area contributed by atoms with Crippen molar-refractivity contribution in [3.63, 3.8) is 0 Å². The van der Waals surface area contributed by atoms with Crippen molar-refractivity contribution in [2.24, 2.45) is 10.9 Å². The summed E-state index contributed by atoms with van der Waals surface area (Å²) in [6.45, 7) is 9.92. The zero-order valence-electron chi connectivity index (χ0n) is 16.0. The Kier molecular flexibility index (Phi) is 9.91. The van der Waals surface area contributed by atoms with Gasteiger partial charge in [0, 0.05) is 45.2 Å². The quantitative estimate of drug-likeness (QED) is 0.268. The number of aliphatic imine (C=N–C) groups is 1. The Morgan fingerprint density at radius 3 is 2.44 bits per heavy atom. The van der Waals surface area contributed by atoms with Gasteiger partial charge in [0.25, 0.3) is 0 Å². The molecule has 0 atom stereocenters. The predicted octanol–water partition coefficient (Wildman–Crippen LogP) is -0.476. The molecule has 144 valence electrons. The molecule has 8 nitrogen and oxygen atoms in total. The van der Waals surface area contributed by atoms with E-state index in [2.05, 4.69) is 31.2 Å². The summed E-state index contributed by atoms with van der Waals surface area (Å²) >= 11 is 0. The maximum absolute atomic E-state index is 11.5. The molecule has 0 aromatic carbocycles. The first-order valence-electron chi connectivity index (χ1n) is 9.21. The maximum Gasteiger partial charge on any atom is 0.233 e. The Balaban J connectivity index is 2.36. The van der Waals surface area contributed by atoms with E-state index in [1.807, 2.05) is 20.8 Å². The number of nitrogens with zero attached hydrogens (tertiary/aromatic N) is 2. The lowest BCUT2D eigenvalue weighted by atomic mass is 10.1. The second-order valence-electron chi connectivity index (χ2n) is 6.57. The molecule has 0 unspecified atom stereocenters. The minimum atomic E-state index is -0.00434. The molecular formula is C17H34N6O2. The first-order chi connectivity index (χ1) is 12.0. The van der Waals surface area contributed by atoms with Gasteiger partial charge in [-0.25, -0.2) is 0 Å². The lowest BCUT2D eigenvalue weighted by Crippen LogP contribution is -2.50. The van der Waals surface area contributed by atoms with Crippen LogP contribution in [-0.4, -0.2) is 75.0 Å². The molecule has 1 heterocycles. The van der Waals surface area contributed by atoms with Gasteiger partial charge in [-0.15, -0.1) is 0 Å². The first-order valence-corrected chi connectivity index (χ1v) is 9.21. The highest BCUT2D eigenvalue weighted by molar-refractivity contribution is 5.80. The van der Waals surface area contributed by atoms with Crippen molar-refractivity contribution in [3.8, 4) is 0 Å². The van der Waals surface area contributed by atoms with Crippen LogP contribution >= 0.6 is 0 Å². The Bertz CT molecular complexity index is 444. The molecule has 0 aromatic heterocycles. The molecule has 0 saturated carbocycles. The van der Waals surface area contributed by atoms with E-state index < -0.39 is 0 Å². The average Bonchev–Trinajstić information content (AvgIpc) is 2.59. The predicted molar refractivity (Wildman–Crippen MR) is 100 cm³/mol. The smallest absolute Gasteiger partial charge is 0.233 e. The van der Waals surface area contributed by atoms with Crippen LogP contribution in [0.1, 0.15) is 33.6 Å². The summed E-state index contributed by atoms with van der Waals surface area (Å²) < 4.78 is 0. The van der Waals surface area contributed by atoms with Gasteiger partial charge in [-0.2, -0.15) is 0 Å². The van der Waals surface area contributed by atoms with Crippen molar-refractivity contribution in [2.75, 3.05) is 46.3 Å². The zero-order chi connectivity index (χ0) is 18.7. The number of likely N-dealkylation sites (N-methyl/N-ethyl adjacent to an activating group) is 1.